The molecular weight excluding hydrogens is 364 g/mol. The van der Waals surface area contributed by atoms with E-state index in [9.17, 15) is 10.2 Å². The fourth-order valence-corrected chi connectivity index (χ4v) is 3.00. The summed E-state index contributed by atoms with van der Waals surface area (Å²) in [5.74, 6) is 6.32. The van der Waals surface area contributed by atoms with Gasteiger partial charge in [-0.1, -0.05) is 42.5 Å². The van der Waals surface area contributed by atoms with E-state index in [1.54, 1.807) is 42.5 Å². The summed E-state index contributed by atoms with van der Waals surface area (Å²) in [5.41, 5.74) is 4.06. The Kier molecular flexibility index (Phi) is 4.90. The maximum Gasteiger partial charge on any atom is 0.181 e. The van der Waals surface area contributed by atoms with E-state index in [1.807, 2.05) is 42.5 Å². The van der Waals surface area contributed by atoms with Gasteiger partial charge in [0.25, 0.3) is 0 Å². The summed E-state index contributed by atoms with van der Waals surface area (Å²) in [4.78, 5) is 9.32. The highest BCUT2D eigenvalue weighted by molar-refractivity contribution is 6.10. The molecular formula is C23H18N4O2. The zero-order valence-electron chi connectivity index (χ0n) is 15.4. The van der Waals surface area contributed by atoms with Crippen molar-refractivity contribution in [3.8, 4) is 34.0 Å². The Hall–Kier alpha value is -4.19. The number of aromatic hydroxyl groups is 2. The minimum Gasteiger partial charge on any atom is -0.508 e. The number of nitrogens with two attached hydrogens (primary N) is 1. The number of phenols is 2. The van der Waals surface area contributed by atoms with Gasteiger partial charge in [0, 0.05) is 16.7 Å². The molecule has 0 amide bonds. The van der Waals surface area contributed by atoms with Crippen LogP contribution in [0.3, 0.4) is 0 Å². The first-order chi connectivity index (χ1) is 14.1. The average Bonchev–Trinajstić information content (AvgIpc) is 2.76. The summed E-state index contributed by atoms with van der Waals surface area (Å²) in [7, 11) is 0. The Bertz CT molecular complexity index is 1170. The van der Waals surface area contributed by atoms with Gasteiger partial charge in [0.15, 0.2) is 5.82 Å². The zero-order valence-corrected chi connectivity index (χ0v) is 15.4. The van der Waals surface area contributed by atoms with Crippen LogP contribution in [-0.2, 0) is 0 Å². The molecule has 0 atom stereocenters. The van der Waals surface area contributed by atoms with Gasteiger partial charge < -0.3 is 16.1 Å². The van der Waals surface area contributed by atoms with Crippen LogP contribution in [0.25, 0.3) is 22.5 Å². The Balaban J connectivity index is 1.91. The molecule has 1 aromatic heterocycles. The Morgan fingerprint density at radius 3 is 2.00 bits per heavy atom. The summed E-state index contributed by atoms with van der Waals surface area (Å²) in [6.45, 7) is 0. The third kappa shape index (κ3) is 3.91. The normalized spacial score (nSPS) is 11.4. The molecule has 0 aliphatic heterocycles. The monoisotopic (exact) mass is 382 g/mol. The molecule has 0 aliphatic rings. The highest BCUT2D eigenvalue weighted by atomic mass is 16.3. The molecule has 4 aromatic rings. The molecule has 29 heavy (non-hydrogen) atoms. The molecule has 6 nitrogen and oxygen atoms in total. The van der Waals surface area contributed by atoms with Crippen molar-refractivity contribution in [3.05, 3.63) is 96.3 Å². The lowest BCUT2D eigenvalue weighted by atomic mass is 10.1. The van der Waals surface area contributed by atoms with Crippen LogP contribution in [0.1, 0.15) is 11.4 Å². The molecule has 6 heteroatoms. The van der Waals surface area contributed by atoms with Gasteiger partial charge in [-0.15, -0.1) is 0 Å². The molecule has 0 unspecified atom stereocenters. The van der Waals surface area contributed by atoms with E-state index in [0.717, 1.165) is 11.1 Å². The second kappa shape index (κ2) is 7.82. The first-order valence-corrected chi connectivity index (χ1v) is 8.95. The maximum absolute atomic E-state index is 9.88. The molecule has 4 N–H and O–H groups in total. The number of hydrogen-bond acceptors (Lipinski definition) is 6. The summed E-state index contributed by atoms with van der Waals surface area (Å²) in [5, 5.41) is 23.4. The fraction of sp³-hybridized carbons (Fsp3) is 0. The van der Waals surface area contributed by atoms with Crippen molar-refractivity contribution in [3.63, 3.8) is 0 Å². The van der Waals surface area contributed by atoms with E-state index in [1.165, 1.54) is 0 Å². The standard InChI is InChI=1S/C23H18N4O2/c24-27-22(16-9-11-18(28)12-10-16)23-25-20(15-5-2-1-3-6-15)14-21(26-23)17-7-4-8-19(29)13-17/h1-14,28-29H,24H2. The van der Waals surface area contributed by atoms with Crippen LogP contribution in [-0.4, -0.2) is 25.9 Å². The van der Waals surface area contributed by atoms with Crippen molar-refractivity contribution < 1.29 is 10.2 Å². The molecule has 4 rings (SSSR count). The van der Waals surface area contributed by atoms with Gasteiger partial charge in [-0.25, -0.2) is 9.97 Å². The van der Waals surface area contributed by atoms with Crippen LogP contribution in [0.15, 0.2) is 90.0 Å². The van der Waals surface area contributed by atoms with Gasteiger partial charge in [-0.2, -0.15) is 5.10 Å². The summed E-state index contributed by atoms with van der Waals surface area (Å²) in [6.07, 6.45) is 0. The maximum atomic E-state index is 9.88. The van der Waals surface area contributed by atoms with Gasteiger partial charge in [0.05, 0.1) is 11.4 Å². The van der Waals surface area contributed by atoms with Crippen LogP contribution >= 0.6 is 0 Å². The third-order valence-electron chi connectivity index (χ3n) is 4.42. The first kappa shape index (κ1) is 18.2. The van der Waals surface area contributed by atoms with E-state index in [4.69, 9.17) is 5.84 Å². The van der Waals surface area contributed by atoms with Crippen molar-refractivity contribution in [2.24, 2.45) is 10.9 Å². The van der Waals surface area contributed by atoms with Crippen LogP contribution < -0.4 is 5.84 Å². The molecule has 0 bridgehead atoms. The lowest BCUT2D eigenvalue weighted by Crippen LogP contribution is -2.12. The highest BCUT2D eigenvalue weighted by Crippen LogP contribution is 2.27. The van der Waals surface area contributed by atoms with E-state index in [0.29, 0.717) is 28.5 Å². The number of rotatable bonds is 4. The first-order valence-electron chi connectivity index (χ1n) is 8.95. The van der Waals surface area contributed by atoms with Crippen LogP contribution in [0.2, 0.25) is 0 Å². The molecule has 142 valence electrons. The minimum absolute atomic E-state index is 0.143. The molecule has 0 saturated carbocycles. The van der Waals surface area contributed by atoms with Gasteiger partial charge in [-0.3, -0.25) is 0 Å². The van der Waals surface area contributed by atoms with Crippen molar-refractivity contribution in [2.75, 3.05) is 0 Å². The summed E-state index contributed by atoms with van der Waals surface area (Å²) in [6, 6.07) is 24.9. The van der Waals surface area contributed by atoms with Gasteiger partial charge in [0.2, 0.25) is 0 Å². The Morgan fingerprint density at radius 2 is 1.34 bits per heavy atom. The van der Waals surface area contributed by atoms with Crippen LogP contribution in [0.4, 0.5) is 0 Å². The predicted molar refractivity (Wildman–Crippen MR) is 113 cm³/mol. The van der Waals surface area contributed by atoms with E-state index in [-0.39, 0.29) is 11.5 Å². The zero-order chi connectivity index (χ0) is 20.2. The van der Waals surface area contributed by atoms with Crippen molar-refractivity contribution >= 4 is 5.71 Å². The average molecular weight is 382 g/mol. The molecule has 0 spiro atoms. The number of aromatic nitrogens is 2. The fourth-order valence-electron chi connectivity index (χ4n) is 3.00. The smallest absolute Gasteiger partial charge is 0.181 e. The second-order valence-electron chi connectivity index (χ2n) is 6.40. The number of benzene rings is 3. The SMILES string of the molecule is NN=C(c1ccc(O)cc1)c1nc(-c2ccccc2)cc(-c2cccc(O)c2)n1. The van der Waals surface area contributed by atoms with Gasteiger partial charge in [0.1, 0.15) is 17.2 Å². The highest BCUT2D eigenvalue weighted by Gasteiger charge is 2.15. The van der Waals surface area contributed by atoms with Crippen molar-refractivity contribution in [1.82, 2.24) is 9.97 Å². The predicted octanol–water partition coefficient (Wildman–Crippen LogP) is 3.93. The quantitative estimate of drug-likeness (QED) is 0.282. The largest absolute Gasteiger partial charge is 0.508 e. The van der Waals surface area contributed by atoms with E-state index in [2.05, 4.69) is 15.1 Å². The molecule has 0 aliphatic carbocycles. The number of phenolic OH excluding ortho intramolecular Hbond substituents is 2. The number of nitrogens with zero attached hydrogens (tertiary/aromatic N) is 3. The van der Waals surface area contributed by atoms with Crippen molar-refractivity contribution in [1.29, 1.82) is 0 Å². The summed E-state index contributed by atoms with van der Waals surface area (Å²) < 4.78 is 0. The molecule has 3 aromatic carbocycles. The molecule has 0 radical (unpaired) electrons. The van der Waals surface area contributed by atoms with Crippen LogP contribution in [0.5, 0.6) is 11.5 Å². The second-order valence-corrected chi connectivity index (χ2v) is 6.40. The number of hydrogen-bond donors (Lipinski definition) is 3. The molecule has 1 heterocycles. The lowest BCUT2D eigenvalue weighted by molar-refractivity contribution is 0.475. The Labute approximate surface area is 167 Å². The molecule has 0 saturated heterocycles. The molecule has 0 fully saturated rings. The third-order valence-corrected chi connectivity index (χ3v) is 4.42. The summed E-state index contributed by atoms with van der Waals surface area (Å²) >= 11 is 0. The van der Waals surface area contributed by atoms with Gasteiger partial charge in [-0.05, 0) is 42.5 Å². The number of hydrazone groups is 1. The minimum atomic E-state index is 0.143. The topological polar surface area (TPSA) is 105 Å². The lowest BCUT2D eigenvalue weighted by Gasteiger charge is -2.11. The van der Waals surface area contributed by atoms with Crippen LogP contribution in [0, 0.1) is 0 Å². The van der Waals surface area contributed by atoms with E-state index < -0.39 is 0 Å². The Morgan fingerprint density at radius 1 is 0.690 bits per heavy atom. The van der Waals surface area contributed by atoms with Gasteiger partial charge >= 0.3 is 0 Å². The van der Waals surface area contributed by atoms with Crippen molar-refractivity contribution in [2.45, 2.75) is 0 Å². The van der Waals surface area contributed by atoms with E-state index >= 15 is 0 Å².